The molecule has 0 aromatic carbocycles. The molecule has 2 aromatic heterocycles. The van der Waals surface area contributed by atoms with Crippen LogP contribution in [0.1, 0.15) is 101 Å². The summed E-state index contributed by atoms with van der Waals surface area (Å²) in [5.74, 6) is -0.955. The van der Waals surface area contributed by atoms with E-state index < -0.39 is 23.5 Å². The quantitative estimate of drug-likeness (QED) is 0.498. The number of aryl methyl sites for hydroxylation is 1. The van der Waals surface area contributed by atoms with Crippen LogP contribution in [0.4, 0.5) is 19.0 Å². The van der Waals surface area contributed by atoms with Crippen molar-refractivity contribution in [3.8, 4) is 0 Å². The van der Waals surface area contributed by atoms with Gasteiger partial charge in [0.2, 0.25) is 0 Å². The Morgan fingerprint density at radius 3 is 2.51 bits per heavy atom. The maximum Gasteiger partial charge on any atom is 0.391 e. The van der Waals surface area contributed by atoms with Crippen LogP contribution in [0.2, 0.25) is 0 Å². The standard InChI is InChI=1S/C26H37F3N4O2/c1-5-11-25(24(34)35)12-6-13-32(15-25)23-22(16(2)3)17(4)30-21-14-20(31-33(21)23)18-7-9-19(10-8-18)26(27,28)29/h14,16,18-19H,5-13,15H2,1-4H3,(H,34,35)/t18-,19-,25-/m0/s1. The molecule has 9 heteroatoms. The molecule has 6 nitrogen and oxygen atoms in total. The average molecular weight is 495 g/mol. The third-order valence-corrected chi connectivity index (χ3v) is 8.07. The number of hydrogen-bond donors (Lipinski definition) is 1. The lowest BCUT2D eigenvalue weighted by atomic mass is 9.76. The Hall–Kier alpha value is -2.32. The van der Waals surface area contributed by atoms with Crippen molar-refractivity contribution in [3.63, 3.8) is 0 Å². The molecule has 0 spiro atoms. The van der Waals surface area contributed by atoms with Gasteiger partial charge in [-0.15, -0.1) is 0 Å². The molecule has 0 amide bonds. The number of piperidine rings is 1. The molecule has 2 fully saturated rings. The van der Waals surface area contributed by atoms with E-state index in [0.717, 1.165) is 42.2 Å². The zero-order valence-electron chi connectivity index (χ0n) is 21.2. The molecule has 3 heterocycles. The fraction of sp³-hybridized carbons (Fsp3) is 0.731. The van der Waals surface area contributed by atoms with Gasteiger partial charge in [-0.1, -0.05) is 27.2 Å². The number of halogens is 3. The van der Waals surface area contributed by atoms with E-state index >= 15 is 0 Å². The van der Waals surface area contributed by atoms with Crippen LogP contribution in [-0.4, -0.2) is 44.9 Å². The van der Waals surface area contributed by atoms with E-state index in [9.17, 15) is 23.1 Å². The molecule has 1 aliphatic carbocycles. The van der Waals surface area contributed by atoms with Crippen LogP contribution < -0.4 is 4.90 Å². The summed E-state index contributed by atoms with van der Waals surface area (Å²) in [5, 5.41) is 15.0. The molecule has 194 valence electrons. The molecule has 1 N–H and O–H groups in total. The highest BCUT2D eigenvalue weighted by molar-refractivity contribution is 5.76. The molecule has 2 aliphatic rings. The van der Waals surface area contributed by atoms with E-state index in [1.807, 2.05) is 24.4 Å². The number of fused-ring (bicyclic) bond motifs is 1. The summed E-state index contributed by atoms with van der Waals surface area (Å²) in [4.78, 5) is 19.3. The first kappa shape index (κ1) is 25.8. The van der Waals surface area contributed by atoms with Crippen molar-refractivity contribution < 1.29 is 23.1 Å². The first-order valence-electron chi connectivity index (χ1n) is 12.9. The van der Waals surface area contributed by atoms with Gasteiger partial charge >= 0.3 is 12.1 Å². The minimum absolute atomic E-state index is 0.0227. The minimum atomic E-state index is -4.13. The molecule has 1 saturated heterocycles. The number of hydrogen-bond acceptors (Lipinski definition) is 4. The van der Waals surface area contributed by atoms with Gasteiger partial charge in [-0.3, -0.25) is 4.79 Å². The van der Waals surface area contributed by atoms with Crippen LogP contribution in [0.25, 0.3) is 5.65 Å². The van der Waals surface area contributed by atoms with Crippen molar-refractivity contribution in [1.29, 1.82) is 0 Å². The van der Waals surface area contributed by atoms with Crippen LogP contribution in [0, 0.1) is 18.3 Å². The molecule has 2 aromatic rings. The number of carboxylic acid groups (broad SMARTS) is 1. The molecule has 0 unspecified atom stereocenters. The van der Waals surface area contributed by atoms with Crippen LogP contribution >= 0.6 is 0 Å². The van der Waals surface area contributed by atoms with Crippen LogP contribution in [-0.2, 0) is 4.79 Å². The van der Waals surface area contributed by atoms with Gasteiger partial charge in [-0.25, -0.2) is 4.98 Å². The van der Waals surface area contributed by atoms with Crippen molar-refractivity contribution in [2.24, 2.45) is 11.3 Å². The zero-order chi connectivity index (χ0) is 25.5. The van der Waals surface area contributed by atoms with Crippen molar-refractivity contribution in [2.45, 2.75) is 97.1 Å². The summed E-state index contributed by atoms with van der Waals surface area (Å²) in [6.45, 7) is 9.35. The second-order valence-corrected chi connectivity index (χ2v) is 10.9. The predicted octanol–water partition coefficient (Wildman–Crippen LogP) is 6.47. The lowest BCUT2D eigenvalue weighted by Crippen LogP contribution is -2.49. The second kappa shape index (κ2) is 9.62. The summed E-state index contributed by atoms with van der Waals surface area (Å²) >= 11 is 0. The van der Waals surface area contributed by atoms with Crippen LogP contribution in [0.3, 0.4) is 0 Å². The highest BCUT2D eigenvalue weighted by atomic mass is 19.4. The minimum Gasteiger partial charge on any atom is -0.481 e. The molecule has 1 atom stereocenters. The van der Waals surface area contributed by atoms with Crippen LogP contribution in [0.5, 0.6) is 0 Å². The van der Waals surface area contributed by atoms with E-state index in [1.54, 1.807) is 0 Å². The smallest absolute Gasteiger partial charge is 0.391 e. The molecule has 0 bridgehead atoms. The Morgan fingerprint density at radius 1 is 1.26 bits per heavy atom. The lowest BCUT2D eigenvalue weighted by Gasteiger charge is -2.42. The SMILES string of the molecule is CCC[C@]1(C(=O)O)CCCN(c2c(C(C)C)c(C)nc3cc([C@H]4CC[C@H](C(F)(F)F)CC4)nn23)C1. The van der Waals surface area contributed by atoms with Gasteiger partial charge in [0.15, 0.2) is 5.65 Å². The maximum absolute atomic E-state index is 13.2. The number of carbonyl (C=O) groups is 1. The third kappa shape index (κ3) is 4.87. The average Bonchev–Trinajstić information content (AvgIpc) is 3.21. The summed E-state index contributed by atoms with van der Waals surface area (Å²) in [6.07, 6.45) is -0.100. The number of anilines is 1. The van der Waals surface area contributed by atoms with Gasteiger partial charge in [-0.2, -0.15) is 22.8 Å². The van der Waals surface area contributed by atoms with Crippen molar-refractivity contribution in [1.82, 2.24) is 14.6 Å². The van der Waals surface area contributed by atoms with Crippen molar-refractivity contribution in [3.05, 3.63) is 23.0 Å². The first-order valence-corrected chi connectivity index (χ1v) is 12.9. The fourth-order valence-electron chi connectivity index (χ4n) is 6.31. The summed E-state index contributed by atoms with van der Waals surface area (Å²) in [7, 11) is 0. The number of nitrogens with zero attached hydrogens (tertiary/aromatic N) is 4. The number of aliphatic carboxylic acids is 1. The first-order chi connectivity index (χ1) is 16.5. The Morgan fingerprint density at radius 2 is 1.94 bits per heavy atom. The van der Waals surface area contributed by atoms with Gasteiger partial charge in [0, 0.05) is 36.3 Å². The lowest BCUT2D eigenvalue weighted by molar-refractivity contribution is -0.182. The number of alkyl halides is 3. The number of carboxylic acids is 1. The largest absolute Gasteiger partial charge is 0.481 e. The maximum atomic E-state index is 13.2. The molecule has 35 heavy (non-hydrogen) atoms. The monoisotopic (exact) mass is 494 g/mol. The van der Waals surface area contributed by atoms with Crippen molar-refractivity contribution in [2.75, 3.05) is 18.0 Å². The van der Waals surface area contributed by atoms with Gasteiger partial charge < -0.3 is 10.0 Å². The summed E-state index contributed by atoms with van der Waals surface area (Å²) < 4.78 is 41.3. The van der Waals surface area contributed by atoms with Gasteiger partial charge in [0.1, 0.15) is 5.82 Å². The molecule has 1 saturated carbocycles. The van der Waals surface area contributed by atoms with Gasteiger partial charge in [0.05, 0.1) is 17.0 Å². The van der Waals surface area contributed by atoms with Gasteiger partial charge in [0.25, 0.3) is 0 Å². The Kier molecular flexibility index (Phi) is 7.08. The molecule has 1 aliphatic heterocycles. The predicted molar refractivity (Wildman–Crippen MR) is 129 cm³/mol. The topological polar surface area (TPSA) is 70.7 Å². The van der Waals surface area contributed by atoms with Gasteiger partial charge in [-0.05, 0) is 57.8 Å². The summed E-state index contributed by atoms with van der Waals surface area (Å²) in [5.41, 5.74) is 2.60. The number of aromatic nitrogens is 3. The molecule has 4 rings (SSSR count). The fourth-order valence-corrected chi connectivity index (χ4v) is 6.31. The highest BCUT2D eigenvalue weighted by Gasteiger charge is 2.44. The number of rotatable bonds is 6. The highest BCUT2D eigenvalue weighted by Crippen LogP contribution is 2.44. The Labute approximate surface area is 204 Å². The molecule has 0 radical (unpaired) electrons. The Bertz CT molecular complexity index is 1070. The third-order valence-electron chi connectivity index (χ3n) is 8.07. The van der Waals surface area contributed by atoms with E-state index in [4.69, 9.17) is 10.1 Å². The van der Waals surface area contributed by atoms with Crippen molar-refractivity contribution >= 4 is 17.4 Å². The molecular formula is C26H37F3N4O2. The second-order valence-electron chi connectivity index (χ2n) is 10.9. The molecular weight excluding hydrogens is 457 g/mol. The van der Waals surface area contributed by atoms with E-state index in [-0.39, 0.29) is 24.7 Å². The Balaban J connectivity index is 1.74. The van der Waals surface area contributed by atoms with E-state index in [1.165, 1.54) is 0 Å². The van der Waals surface area contributed by atoms with E-state index in [2.05, 4.69) is 18.7 Å². The van der Waals surface area contributed by atoms with E-state index in [0.29, 0.717) is 37.9 Å². The normalized spacial score (nSPS) is 26.0. The van der Waals surface area contributed by atoms with Crippen LogP contribution in [0.15, 0.2) is 6.07 Å². The summed E-state index contributed by atoms with van der Waals surface area (Å²) in [6, 6.07) is 1.92. The zero-order valence-corrected chi connectivity index (χ0v) is 21.2.